The van der Waals surface area contributed by atoms with E-state index in [1.54, 1.807) is 0 Å². The molecule has 0 fully saturated rings. The summed E-state index contributed by atoms with van der Waals surface area (Å²) in [5.41, 5.74) is 0. The zero-order valence-electron chi connectivity index (χ0n) is 45.7. The Hall–Kier alpha value is -3.85. The number of carbonyl (C=O) groups is 2. The van der Waals surface area contributed by atoms with Gasteiger partial charge in [0.05, 0.1) is 33.8 Å². The number of ether oxygens (including phenoxy) is 1. The van der Waals surface area contributed by atoms with E-state index in [0.717, 1.165) is 70.6 Å². The Labute approximate surface area is 435 Å². The quantitative estimate of drug-likeness (QED) is 0.0156. The van der Waals surface area contributed by atoms with E-state index in [-0.39, 0.29) is 37.9 Å². The van der Waals surface area contributed by atoms with Crippen molar-refractivity contribution in [3.63, 3.8) is 0 Å². The number of phosphoric ester groups is 1. The van der Waals surface area contributed by atoms with E-state index in [4.69, 9.17) is 13.8 Å². The Morgan fingerprint density at radius 3 is 1.54 bits per heavy atom. The molecule has 3 atom stereocenters. The molecule has 1 amide bonds. The second-order valence-corrected chi connectivity index (χ2v) is 20.6. The fourth-order valence-corrected chi connectivity index (χ4v) is 7.70. The number of nitrogens with zero attached hydrogens (tertiary/aromatic N) is 1. The van der Waals surface area contributed by atoms with Crippen LogP contribution in [0.5, 0.6) is 0 Å². The van der Waals surface area contributed by atoms with Crippen LogP contribution in [-0.4, -0.2) is 74.3 Å². The number of hydrogen-bond donors (Lipinski definition) is 2. The minimum absolute atomic E-state index is 0.0144. The first-order chi connectivity index (χ1) is 34.4. The van der Waals surface area contributed by atoms with Crippen LogP contribution in [0.2, 0.25) is 0 Å². The summed E-state index contributed by atoms with van der Waals surface area (Å²) in [4.78, 5) is 37.5. The Morgan fingerprint density at radius 1 is 0.521 bits per heavy atom. The molecule has 0 rings (SSSR count). The van der Waals surface area contributed by atoms with Crippen molar-refractivity contribution in [2.24, 2.45) is 0 Å². The summed E-state index contributed by atoms with van der Waals surface area (Å²) in [6.07, 6.45) is 70.3. The number of unbranched alkanes of at least 4 members (excludes halogenated alkanes) is 16. The maximum Gasteiger partial charge on any atom is 0.472 e. The van der Waals surface area contributed by atoms with E-state index in [1.165, 1.54) is 70.6 Å². The zero-order valence-corrected chi connectivity index (χ0v) is 46.5. The minimum Gasteiger partial charge on any atom is -0.456 e. The highest BCUT2D eigenvalue weighted by molar-refractivity contribution is 7.47. The Bertz CT molecular complexity index is 1680. The maximum atomic E-state index is 13.5. The molecule has 3 unspecified atom stereocenters. The van der Waals surface area contributed by atoms with Gasteiger partial charge in [-0.15, -0.1) is 0 Å². The number of carbonyl (C=O) groups excluding carboxylic acids is 2. The third-order valence-electron chi connectivity index (χ3n) is 11.2. The SMILES string of the molecule is CC\C=C/C=C/C=C/C=C\C=C\C=C\CCCCCC(=O)OC(/C=C/CCCCCCCCCCC)C(COP(=O)(O)OCC[N+](C)(C)C)NC(=O)CCC/C=C\C/C=C\C/C=C\C/C=C\CCCCC. The Morgan fingerprint density at radius 2 is 0.972 bits per heavy atom. The summed E-state index contributed by atoms with van der Waals surface area (Å²) in [5.74, 6) is -0.637. The van der Waals surface area contributed by atoms with Gasteiger partial charge in [0, 0.05) is 12.8 Å². The summed E-state index contributed by atoms with van der Waals surface area (Å²) >= 11 is 0. The summed E-state index contributed by atoms with van der Waals surface area (Å²) in [7, 11) is 1.41. The van der Waals surface area contributed by atoms with Crippen molar-refractivity contribution in [2.45, 2.75) is 200 Å². The molecule has 0 radical (unpaired) electrons. The van der Waals surface area contributed by atoms with Crippen LogP contribution in [0.3, 0.4) is 0 Å². The van der Waals surface area contributed by atoms with Crippen LogP contribution in [0.1, 0.15) is 188 Å². The van der Waals surface area contributed by atoms with E-state index in [0.29, 0.717) is 23.9 Å². The van der Waals surface area contributed by atoms with Gasteiger partial charge in [-0.1, -0.05) is 219 Å². The summed E-state index contributed by atoms with van der Waals surface area (Å²) in [6.45, 7) is 6.71. The molecular formula is C61H102N2O7P+. The molecule has 9 nitrogen and oxygen atoms in total. The number of rotatable bonds is 47. The summed E-state index contributed by atoms with van der Waals surface area (Å²) in [5, 5.41) is 2.99. The number of phosphoric acid groups is 1. The molecule has 0 bridgehead atoms. The number of hydrogen-bond acceptors (Lipinski definition) is 6. The monoisotopic (exact) mass is 1010 g/mol. The molecule has 0 aromatic carbocycles. The van der Waals surface area contributed by atoms with E-state index in [2.05, 4.69) is 86.8 Å². The first kappa shape index (κ1) is 67.1. The van der Waals surface area contributed by atoms with Crippen LogP contribution >= 0.6 is 7.82 Å². The second-order valence-electron chi connectivity index (χ2n) is 19.2. The molecule has 0 aliphatic carbocycles. The highest BCUT2D eigenvalue weighted by Gasteiger charge is 2.30. The Balaban J connectivity index is 5.56. The molecule has 2 N–H and O–H groups in total. The largest absolute Gasteiger partial charge is 0.472 e. The standard InChI is InChI=1S/C61H101N2O7P/c1-7-10-13-16-19-22-25-27-29-31-33-35-38-41-44-47-50-53-60(64)62-58(57-69-71(66,67)68-56-55-63(4,5)6)59(52-49-46-43-40-37-24-21-18-15-12-9-3)70-61(65)54-51-48-45-42-39-36-34-32-30-28-26-23-20-17-14-11-8-2/h11,14,17,19-20,22-23,26-30,32-36,39,41,44,49,52,58-59H,7-10,12-13,15-16,18,21,24-25,31,37-38,40,42-43,45-48,50-51,53-57H2,1-6H3,(H-,62,64,66,67)/p+1/b14-11-,20-17+,22-19-,26-23+,29-27-,30-28-,34-32+,35-33-,39-36+,44-41-,52-49+. The molecule has 0 saturated carbocycles. The predicted molar refractivity (Wildman–Crippen MR) is 304 cm³/mol. The van der Waals surface area contributed by atoms with Gasteiger partial charge in [0.15, 0.2) is 0 Å². The number of likely N-dealkylation sites (N-methyl/N-ethyl adjacent to an activating group) is 1. The van der Waals surface area contributed by atoms with Gasteiger partial charge in [0.1, 0.15) is 19.3 Å². The molecule has 0 aromatic rings. The first-order valence-corrected chi connectivity index (χ1v) is 29.1. The third kappa shape index (κ3) is 50.9. The molecule has 10 heteroatoms. The van der Waals surface area contributed by atoms with Crippen LogP contribution < -0.4 is 5.32 Å². The number of quaternary nitrogens is 1. The van der Waals surface area contributed by atoms with E-state index in [9.17, 15) is 19.0 Å². The molecule has 402 valence electrons. The molecule has 0 aromatic heterocycles. The predicted octanol–water partition coefficient (Wildman–Crippen LogP) is 16.5. The minimum atomic E-state index is -4.48. The molecule has 0 aliphatic heterocycles. The zero-order chi connectivity index (χ0) is 52.2. The molecule has 71 heavy (non-hydrogen) atoms. The molecule has 0 heterocycles. The van der Waals surface area contributed by atoms with Gasteiger partial charge in [-0.3, -0.25) is 18.6 Å². The van der Waals surface area contributed by atoms with Crippen molar-refractivity contribution >= 4 is 19.7 Å². The lowest BCUT2D eigenvalue weighted by atomic mass is 10.1. The van der Waals surface area contributed by atoms with E-state index in [1.807, 2.05) is 94.1 Å². The van der Waals surface area contributed by atoms with Crippen LogP contribution in [0.25, 0.3) is 0 Å². The lowest BCUT2D eigenvalue weighted by Crippen LogP contribution is -2.47. The van der Waals surface area contributed by atoms with Crippen molar-refractivity contribution in [2.75, 3.05) is 40.9 Å². The average molecular weight is 1010 g/mol. The Kier molecular flexibility index (Phi) is 47.0. The highest BCUT2D eigenvalue weighted by atomic mass is 31.2. The van der Waals surface area contributed by atoms with Crippen molar-refractivity contribution in [1.29, 1.82) is 0 Å². The van der Waals surface area contributed by atoms with Gasteiger partial charge in [-0.25, -0.2) is 4.57 Å². The lowest BCUT2D eigenvalue weighted by Gasteiger charge is -2.27. The smallest absolute Gasteiger partial charge is 0.456 e. The summed E-state index contributed by atoms with van der Waals surface area (Å²) in [6, 6.07) is -0.904. The maximum absolute atomic E-state index is 13.5. The fourth-order valence-electron chi connectivity index (χ4n) is 6.96. The highest BCUT2D eigenvalue weighted by Crippen LogP contribution is 2.43. The van der Waals surface area contributed by atoms with Crippen molar-refractivity contribution in [3.8, 4) is 0 Å². The normalized spacial score (nSPS) is 14.9. The van der Waals surface area contributed by atoms with Gasteiger partial charge in [-0.05, 0) is 89.5 Å². The fraction of sp³-hybridized carbons (Fsp3) is 0.607. The van der Waals surface area contributed by atoms with Crippen molar-refractivity contribution in [1.82, 2.24) is 5.32 Å². The van der Waals surface area contributed by atoms with E-state index < -0.39 is 20.0 Å². The number of esters is 1. The van der Waals surface area contributed by atoms with E-state index >= 15 is 0 Å². The third-order valence-corrected chi connectivity index (χ3v) is 12.2. The van der Waals surface area contributed by atoms with Gasteiger partial charge < -0.3 is 19.4 Å². The topological polar surface area (TPSA) is 111 Å². The van der Waals surface area contributed by atoms with Gasteiger partial charge in [-0.2, -0.15) is 0 Å². The summed E-state index contributed by atoms with van der Waals surface area (Å²) < 4.78 is 30.5. The van der Waals surface area contributed by atoms with Crippen LogP contribution in [0, 0.1) is 0 Å². The first-order valence-electron chi connectivity index (χ1n) is 27.6. The molecule has 0 spiro atoms. The van der Waals surface area contributed by atoms with Crippen molar-refractivity contribution in [3.05, 3.63) is 134 Å². The number of nitrogens with one attached hydrogen (secondary N) is 1. The average Bonchev–Trinajstić information content (AvgIpc) is 3.33. The van der Waals surface area contributed by atoms with Crippen LogP contribution in [-0.2, 0) is 27.9 Å². The van der Waals surface area contributed by atoms with Gasteiger partial charge in [0.2, 0.25) is 5.91 Å². The van der Waals surface area contributed by atoms with Crippen LogP contribution in [0.4, 0.5) is 0 Å². The lowest BCUT2D eigenvalue weighted by molar-refractivity contribution is -0.870. The van der Waals surface area contributed by atoms with Crippen molar-refractivity contribution < 1.29 is 37.3 Å². The second kappa shape index (κ2) is 49.7. The molecule has 0 saturated heterocycles. The van der Waals surface area contributed by atoms with Gasteiger partial charge >= 0.3 is 13.8 Å². The van der Waals surface area contributed by atoms with Gasteiger partial charge in [0.25, 0.3) is 0 Å². The number of allylic oxidation sites excluding steroid dienone is 21. The molecular weight excluding hydrogens is 904 g/mol. The van der Waals surface area contributed by atoms with Crippen LogP contribution in [0.15, 0.2) is 134 Å². The number of amides is 1. The molecule has 0 aliphatic rings.